The monoisotopic (exact) mass is 340 g/mol. The molecular weight excluding hydrogens is 304 g/mol. The highest BCUT2D eigenvalue weighted by atomic mass is 16.3. The van der Waals surface area contributed by atoms with Crippen LogP contribution in [0.5, 0.6) is 0 Å². The molecule has 6 heteroatoms. The number of hydrogen-bond donors (Lipinski definition) is 2. The molecule has 0 aromatic carbocycles. The van der Waals surface area contributed by atoms with E-state index in [1.165, 1.54) is 12.8 Å². The van der Waals surface area contributed by atoms with Crippen molar-refractivity contribution in [1.82, 2.24) is 20.0 Å². The van der Waals surface area contributed by atoms with Crippen LogP contribution in [0, 0.1) is 11.8 Å². The summed E-state index contributed by atoms with van der Waals surface area (Å²) in [7, 11) is 3.90. The fraction of sp³-hybridized carbons (Fsp3) is 0.944. The number of β-amino-alcohol motifs (C(OH)–C–C–N with tert-alkyl or cyclic N) is 1. The Kier molecular flexibility index (Phi) is 7.32. The van der Waals surface area contributed by atoms with Gasteiger partial charge in [-0.2, -0.15) is 0 Å². The third kappa shape index (κ3) is 5.90. The van der Waals surface area contributed by atoms with E-state index in [0.717, 1.165) is 38.5 Å². The Morgan fingerprint density at radius 1 is 1.25 bits per heavy atom. The van der Waals surface area contributed by atoms with Gasteiger partial charge in [0.2, 0.25) is 0 Å². The predicted octanol–water partition coefficient (Wildman–Crippen LogP) is 1.06. The number of carbonyl (C=O) groups is 1. The fourth-order valence-electron chi connectivity index (χ4n) is 3.93. The smallest absolute Gasteiger partial charge is 0.317 e. The molecule has 2 amide bonds. The van der Waals surface area contributed by atoms with Gasteiger partial charge in [0.15, 0.2) is 0 Å². The molecule has 0 radical (unpaired) electrons. The van der Waals surface area contributed by atoms with Gasteiger partial charge in [-0.3, -0.25) is 4.90 Å². The number of carbonyl (C=O) groups excluding carboxylic acids is 1. The van der Waals surface area contributed by atoms with Gasteiger partial charge < -0.3 is 20.2 Å². The topological polar surface area (TPSA) is 59.1 Å². The number of rotatable bonds is 5. The lowest BCUT2D eigenvalue weighted by molar-refractivity contribution is 0.0649. The lowest BCUT2D eigenvalue weighted by atomic mass is 9.80. The highest BCUT2D eigenvalue weighted by molar-refractivity contribution is 5.74. The van der Waals surface area contributed by atoms with Crippen molar-refractivity contribution < 1.29 is 9.90 Å². The van der Waals surface area contributed by atoms with Gasteiger partial charge in [0, 0.05) is 52.4 Å². The highest BCUT2D eigenvalue weighted by Gasteiger charge is 2.28. The second kappa shape index (κ2) is 9.02. The van der Waals surface area contributed by atoms with E-state index in [1.54, 1.807) is 11.9 Å². The van der Waals surface area contributed by atoms with E-state index < -0.39 is 6.10 Å². The number of amides is 2. The molecule has 0 spiro atoms. The van der Waals surface area contributed by atoms with Crippen LogP contribution in [0.3, 0.4) is 0 Å². The van der Waals surface area contributed by atoms with Crippen molar-refractivity contribution in [2.24, 2.45) is 11.8 Å². The first-order valence-electron chi connectivity index (χ1n) is 9.45. The third-order valence-corrected chi connectivity index (χ3v) is 5.64. The van der Waals surface area contributed by atoms with Gasteiger partial charge in [-0.15, -0.1) is 0 Å². The van der Waals surface area contributed by atoms with Gasteiger partial charge in [-0.05, 0) is 38.1 Å². The Hall–Kier alpha value is -0.850. The van der Waals surface area contributed by atoms with Crippen LogP contribution in [-0.2, 0) is 0 Å². The van der Waals surface area contributed by atoms with E-state index in [4.69, 9.17) is 0 Å². The maximum atomic E-state index is 12.4. The molecule has 2 fully saturated rings. The number of urea groups is 1. The van der Waals surface area contributed by atoms with E-state index in [9.17, 15) is 9.90 Å². The van der Waals surface area contributed by atoms with Crippen LogP contribution >= 0.6 is 0 Å². The van der Waals surface area contributed by atoms with Gasteiger partial charge in [-0.25, -0.2) is 4.79 Å². The maximum Gasteiger partial charge on any atom is 0.317 e. The lowest BCUT2D eigenvalue weighted by Crippen LogP contribution is -2.51. The van der Waals surface area contributed by atoms with E-state index in [0.29, 0.717) is 19.0 Å². The van der Waals surface area contributed by atoms with Crippen LogP contribution in [0.25, 0.3) is 0 Å². The summed E-state index contributed by atoms with van der Waals surface area (Å²) in [5.74, 6) is 1.29. The quantitative estimate of drug-likeness (QED) is 0.786. The third-order valence-electron chi connectivity index (χ3n) is 5.64. The summed E-state index contributed by atoms with van der Waals surface area (Å²) in [5.41, 5.74) is 0. The van der Waals surface area contributed by atoms with Crippen molar-refractivity contribution >= 4 is 6.03 Å². The van der Waals surface area contributed by atoms with E-state index in [1.807, 2.05) is 0 Å². The summed E-state index contributed by atoms with van der Waals surface area (Å²) in [6.45, 7) is 9.60. The first kappa shape index (κ1) is 19.5. The molecule has 140 valence electrons. The van der Waals surface area contributed by atoms with Crippen LogP contribution in [0.1, 0.15) is 33.1 Å². The van der Waals surface area contributed by atoms with E-state index in [-0.39, 0.29) is 12.1 Å². The SMILES string of the molecule is CC1CCC(NC(=O)N(C)CC(O)CN2CCN(C)CC2)C(C)C1. The maximum absolute atomic E-state index is 12.4. The summed E-state index contributed by atoms with van der Waals surface area (Å²) in [6.07, 6.45) is 2.94. The molecule has 0 bridgehead atoms. The Morgan fingerprint density at radius 2 is 1.92 bits per heavy atom. The molecule has 6 nitrogen and oxygen atoms in total. The van der Waals surface area contributed by atoms with Crippen molar-refractivity contribution in [2.75, 3.05) is 53.4 Å². The number of likely N-dealkylation sites (N-methyl/N-ethyl adjacent to an activating group) is 2. The minimum atomic E-state index is -0.493. The molecule has 1 saturated carbocycles. The molecule has 0 aromatic heterocycles. The average Bonchev–Trinajstić information content (AvgIpc) is 2.52. The zero-order valence-corrected chi connectivity index (χ0v) is 15.9. The second-order valence-corrected chi connectivity index (χ2v) is 8.09. The van der Waals surface area contributed by atoms with Crippen molar-refractivity contribution in [2.45, 2.75) is 45.3 Å². The Labute approximate surface area is 147 Å². The first-order chi connectivity index (χ1) is 11.3. The lowest BCUT2D eigenvalue weighted by Gasteiger charge is -2.35. The average molecular weight is 341 g/mol. The predicted molar refractivity (Wildman–Crippen MR) is 97.1 cm³/mol. The summed E-state index contributed by atoms with van der Waals surface area (Å²) in [6, 6.07) is 0.213. The van der Waals surface area contributed by atoms with Crippen LogP contribution in [0.4, 0.5) is 4.79 Å². The summed E-state index contributed by atoms with van der Waals surface area (Å²) >= 11 is 0. The fourth-order valence-corrected chi connectivity index (χ4v) is 3.93. The van der Waals surface area contributed by atoms with Crippen molar-refractivity contribution in [3.05, 3.63) is 0 Å². The molecule has 1 aliphatic carbocycles. The number of aliphatic hydroxyl groups is 1. The molecule has 2 N–H and O–H groups in total. The Bertz CT molecular complexity index is 398. The molecule has 0 aromatic rings. The normalized spacial score (nSPS) is 30.8. The number of nitrogens with zero attached hydrogens (tertiary/aromatic N) is 3. The van der Waals surface area contributed by atoms with Crippen LogP contribution in [0.2, 0.25) is 0 Å². The summed E-state index contributed by atoms with van der Waals surface area (Å²) in [4.78, 5) is 18.6. The van der Waals surface area contributed by atoms with Gasteiger partial charge in [0.1, 0.15) is 0 Å². The largest absolute Gasteiger partial charge is 0.390 e. The van der Waals surface area contributed by atoms with Gasteiger partial charge in [0.25, 0.3) is 0 Å². The number of nitrogens with one attached hydrogen (secondary N) is 1. The molecule has 24 heavy (non-hydrogen) atoms. The van der Waals surface area contributed by atoms with E-state index >= 15 is 0 Å². The van der Waals surface area contributed by atoms with Crippen molar-refractivity contribution in [1.29, 1.82) is 0 Å². The minimum Gasteiger partial charge on any atom is -0.390 e. The Balaban J connectivity index is 1.70. The minimum absolute atomic E-state index is 0.0566. The summed E-state index contributed by atoms with van der Waals surface area (Å²) < 4.78 is 0. The van der Waals surface area contributed by atoms with Crippen molar-refractivity contribution in [3.8, 4) is 0 Å². The van der Waals surface area contributed by atoms with Gasteiger partial charge in [0.05, 0.1) is 6.10 Å². The molecule has 2 aliphatic rings. The molecule has 1 heterocycles. The van der Waals surface area contributed by atoms with Crippen LogP contribution < -0.4 is 5.32 Å². The zero-order valence-electron chi connectivity index (χ0n) is 15.9. The molecule has 1 aliphatic heterocycles. The molecule has 4 unspecified atom stereocenters. The molecule has 4 atom stereocenters. The molecular formula is C18H36N4O2. The standard InChI is InChI=1S/C18H36N4O2/c1-14-5-6-17(15(2)11-14)19-18(24)21(4)12-16(23)13-22-9-7-20(3)8-10-22/h14-17,23H,5-13H2,1-4H3,(H,19,24). The van der Waals surface area contributed by atoms with E-state index in [2.05, 4.69) is 36.0 Å². The van der Waals surface area contributed by atoms with Crippen LogP contribution in [0.15, 0.2) is 0 Å². The Morgan fingerprint density at radius 3 is 2.54 bits per heavy atom. The number of aliphatic hydroxyl groups excluding tert-OH is 1. The highest BCUT2D eigenvalue weighted by Crippen LogP contribution is 2.28. The van der Waals surface area contributed by atoms with Gasteiger partial charge in [-0.1, -0.05) is 13.8 Å². The number of hydrogen-bond acceptors (Lipinski definition) is 4. The molecule has 1 saturated heterocycles. The first-order valence-corrected chi connectivity index (χ1v) is 9.45. The van der Waals surface area contributed by atoms with Crippen LogP contribution in [-0.4, -0.2) is 91.3 Å². The zero-order chi connectivity index (χ0) is 17.7. The van der Waals surface area contributed by atoms with Crippen molar-refractivity contribution in [3.63, 3.8) is 0 Å². The molecule has 2 rings (SSSR count). The summed E-state index contributed by atoms with van der Waals surface area (Å²) in [5, 5.41) is 13.5. The number of piperazine rings is 1. The van der Waals surface area contributed by atoms with Gasteiger partial charge >= 0.3 is 6.03 Å². The second-order valence-electron chi connectivity index (χ2n) is 8.09.